The molecule has 4 N–H and O–H groups in total. The summed E-state index contributed by atoms with van der Waals surface area (Å²) in [5.74, 6) is -0.334. The number of anilines is 4. The van der Waals surface area contributed by atoms with E-state index in [1.54, 1.807) is 52.0 Å². The van der Waals surface area contributed by atoms with Crippen LogP contribution in [0.2, 0.25) is 0 Å². The molecule has 0 aliphatic rings. The maximum atomic E-state index is 13.5. The molecule has 1 amide bonds. The van der Waals surface area contributed by atoms with Crippen molar-refractivity contribution >= 4 is 28.8 Å². The molecule has 0 aliphatic carbocycles. The van der Waals surface area contributed by atoms with Crippen molar-refractivity contribution in [2.75, 3.05) is 16.4 Å². The number of nitrogen functional groups attached to an aromatic ring is 1. The first-order chi connectivity index (χ1) is 11.1. The maximum Gasteiger partial charge on any atom is 0.412 e. The van der Waals surface area contributed by atoms with Gasteiger partial charge in [-0.3, -0.25) is 5.32 Å². The van der Waals surface area contributed by atoms with Crippen LogP contribution in [0, 0.1) is 12.7 Å². The summed E-state index contributed by atoms with van der Waals surface area (Å²) < 4.78 is 18.7. The van der Waals surface area contributed by atoms with Gasteiger partial charge in [-0.25, -0.2) is 9.18 Å². The molecule has 0 saturated heterocycles. The van der Waals surface area contributed by atoms with Crippen LogP contribution in [0.5, 0.6) is 0 Å². The third kappa shape index (κ3) is 5.15. The highest BCUT2D eigenvalue weighted by Gasteiger charge is 2.16. The number of nitrogens with two attached hydrogens (primary N) is 1. The molecule has 0 bridgehead atoms. The van der Waals surface area contributed by atoms with E-state index in [9.17, 15) is 9.18 Å². The molecule has 128 valence electrons. The lowest BCUT2D eigenvalue weighted by Crippen LogP contribution is -2.27. The van der Waals surface area contributed by atoms with E-state index in [1.165, 1.54) is 12.1 Å². The average Bonchev–Trinajstić information content (AvgIpc) is 2.39. The van der Waals surface area contributed by atoms with Crippen molar-refractivity contribution < 1.29 is 13.9 Å². The first-order valence-electron chi connectivity index (χ1n) is 7.56. The van der Waals surface area contributed by atoms with Gasteiger partial charge in [-0.2, -0.15) is 0 Å². The van der Waals surface area contributed by atoms with Crippen molar-refractivity contribution in [2.45, 2.75) is 33.3 Å². The Morgan fingerprint density at radius 2 is 1.83 bits per heavy atom. The molecule has 0 unspecified atom stereocenters. The number of benzene rings is 2. The van der Waals surface area contributed by atoms with Gasteiger partial charge in [-0.1, -0.05) is 0 Å². The number of hydrogen-bond donors (Lipinski definition) is 3. The Bertz CT molecular complexity index is 734. The Labute approximate surface area is 141 Å². The minimum absolute atomic E-state index is 0.334. The van der Waals surface area contributed by atoms with Gasteiger partial charge in [0.05, 0.1) is 11.4 Å². The van der Waals surface area contributed by atoms with Crippen molar-refractivity contribution in [3.8, 4) is 0 Å². The zero-order valence-electron chi connectivity index (χ0n) is 14.2. The van der Waals surface area contributed by atoms with E-state index in [0.717, 1.165) is 5.56 Å². The van der Waals surface area contributed by atoms with Gasteiger partial charge in [0.2, 0.25) is 0 Å². The van der Waals surface area contributed by atoms with E-state index in [0.29, 0.717) is 22.7 Å². The maximum absolute atomic E-state index is 13.5. The van der Waals surface area contributed by atoms with E-state index in [2.05, 4.69) is 10.6 Å². The lowest BCUT2D eigenvalue weighted by Gasteiger charge is -2.20. The second-order valence-electron chi connectivity index (χ2n) is 6.57. The SMILES string of the molecule is Cc1cc(F)cc(Nc2cc(NC(=O)OC(C)(C)C)ccc2N)c1. The van der Waals surface area contributed by atoms with Gasteiger partial charge in [0.1, 0.15) is 11.4 Å². The number of halogens is 1. The number of aryl methyl sites for hydroxylation is 1. The minimum Gasteiger partial charge on any atom is -0.444 e. The van der Waals surface area contributed by atoms with E-state index in [1.807, 2.05) is 0 Å². The van der Waals surface area contributed by atoms with Crippen LogP contribution in [0.3, 0.4) is 0 Å². The van der Waals surface area contributed by atoms with Crippen LogP contribution in [0.4, 0.5) is 31.9 Å². The number of ether oxygens (including phenoxy) is 1. The zero-order valence-corrected chi connectivity index (χ0v) is 14.2. The molecule has 0 heterocycles. The molecule has 0 radical (unpaired) electrons. The Morgan fingerprint density at radius 1 is 1.12 bits per heavy atom. The number of hydrogen-bond acceptors (Lipinski definition) is 4. The number of amides is 1. The molecule has 2 rings (SSSR count). The molecule has 0 fully saturated rings. The largest absolute Gasteiger partial charge is 0.444 e. The molecule has 0 atom stereocenters. The Balaban J connectivity index is 2.18. The zero-order chi connectivity index (χ0) is 17.9. The van der Waals surface area contributed by atoms with Gasteiger partial charge in [0.25, 0.3) is 0 Å². The van der Waals surface area contributed by atoms with Gasteiger partial charge in [0, 0.05) is 11.4 Å². The van der Waals surface area contributed by atoms with Crippen molar-refractivity contribution in [1.29, 1.82) is 0 Å². The van der Waals surface area contributed by atoms with E-state index >= 15 is 0 Å². The number of carbonyl (C=O) groups excluding carboxylic acids is 1. The quantitative estimate of drug-likeness (QED) is 0.706. The Kier molecular flexibility index (Phi) is 4.97. The standard InChI is InChI=1S/C18H22FN3O2/c1-11-7-12(19)9-14(8-11)21-16-10-13(5-6-15(16)20)22-17(23)24-18(2,3)4/h5-10,21H,20H2,1-4H3,(H,22,23). The molecule has 5 nitrogen and oxygen atoms in total. The van der Waals surface area contributed by atoms with Gasteiger partial charge in [-0.15, -0.1) is 0 Å². The Morgan fingerprint density at radius 3 is 2.46 bits per heavy atom. The number of nitrogens with one attached hydrogen (secondary N) is 2. The lowest BCUT2D eigenvalue weighted by atomic mass is 10.2. The van der Waals surface area contributed by atoms with Crippen molar-refractivity contribution in [3.63, 3.8) is 0 Å². The van der Waals surface area contributed by atoms with E-state index in [4.69, 9.17) is 10.5 Å². The summed E-state index contributed by atoms with van der Waals surface area (Å²) in [5, 5.41) is 5.70. The van der Waals surface area contributed by atoms with Crippen molar-refractivity contribution in [1.82, 2.24) is 0 Å². The molecular formula is C18H22FN3O2. The fourth-order valence-corrected chi connectivity index (χ4v) is 2.13. The first kappa shape index (κ1) is 17.6. The second-order valence-corrected chi connectivity index (χ2v) is 6.57. The molecule has 0 aliphatic heterocycles. The third-order valence-corrected chi connectivity index (χ3v) is 3.02. The first-order valence-corrected chi connectivity index (χ1v) is 7.56. The smallest absolute Gasteiger partial charge is 0.412 e. The minimum atomic E-state index is -0.585. The highest BCUT2D eigenvalue weighted by Crippen LogP contribution is 2.27. The second kappa shape index (κ2) is 6.78. The summed E-state index contributed by atoms with van der Waals surface area (Å²) >= 11 is 0. The van der Waals surface area contributed by atoms with E-state index < -0.39 is 11.7 Å². The van der Waals surface area contributed by atoms with Crippen LogP contribution in [-0.4, -0.2) is 11.7 Å². The van der Waals surface area contributed by atoms with Crippen molar-refractivity contribution in [2.24, 2.45) is 0 Å². The molecule has 0 aromatic heterocycles. The van der Waals surface area contributed by atoms with Crippen LogP contribution in [0.25, 0.3) is 0 Å². The Hall–Kier alpha value is -2.76. The highest BCUT2D eigenvalue weighted by atomic mass is 19.1. The highest BCUT2D eigenvalue weighted by molar-refractivity contribution is 5.87. The summed E-state index contributed by atoms with van der Waals surface area (Å²) in [6.45, 7) is 7.16. The summed E-state index contributed by atoms with van der Waals surface area (Å²) in [6, 6.07) is 9.61. The van der Waals surface area contributed by atoms with Crippen LogP contribution < -0.4 is 16.4 Å². The fraction of sp³-hybridized carbons (Fsp3) is 0.278. The van der Waals surface area contributed by atoms with E-state index in [-0.39, 0.29) is 5.82 Å². The summed E-state index contributed by atoms with van der Waals surface area (Å²) in [7, 11) is 0. The van der Waals surface area contributed by atoms with Crippen molar-refractivity contribution in [3.05, 3.63) is 47.8 Å². The topological polar surface area (TPSA) is 76.4 Å². The van der Waals surface area contributed by atoms with Crippen LogP contribution in [-0.2, 0) is 4.74 Å². The molecule has 0 spiro atoms. The lowest BCUT2D eigenvalue weighted by molar-refractivity contribution is 0.0636. The molecule has 0 saturated carbocycles. The van der Waals surface area contributed by atoms with Crippen LogP contribution >= 0.6 is 0 Å². The third-order valence-electron chi connectivity index (χ3n) is 3.02. The van der Waals surface area contributed by atoms with Gasteiger partial charge < -0.3 is 15.8 Å². The monoisotopic (exact) mass is 331 g/mol. The van der Waals surface area contributed by atoms with Gasteiger partial charge in [-0.05, 0) is 69.7 Å². The van der Waals surface area contributed by atoms with Gasteiger partial charge >= 0.3 is 6.09 Å². The predicted molar refractivity (Wildman–Crippen MR) is 95.1 cm³/mol. The normalized spacial score (nSPS) is 11.0. The fourth-order valence-electron chi connectivity index (χ4n) is 2.13. The molecule has 2 aromatic rings. The average molecular weight is 331 g/mol. The van der Waals surface area contributed by atoms with Gasteiger partial charge in [0.15, 0.2) is 0 Å². The summed E-state index contributed by atoms with van der Waals surface area (Å²) in [4.78, 5) is 11.8. The molecule has 24 heavy (non-hydrogen) atoms. The number of carbonyl (C=O) groups is 1. The van der Waals surface area contributed by atoms with Crippen LogP contribution in [0.1, 0.15) is 26.3 Å². The summed E-state index contributed by atoms with van der Waals surface area (Å²) in [6.07, 6.45) is -0.556. The molecular weight excluding hydrogens is 309 g/mol. The van der Waals surface area contributed by atoms with Crippen LogP contribution in [0.15, 0.2) is 36.4 Å². The molecule has 6 heteroatoms. The number of rotatable bonds is 3. The predicted octanol–water partition coefficient (Wildman–Crippen LogP) is 4.81. The summed E-state index contributed by atoms with van der Waals surface area (Å²) in [5.41, 5.74) is 8.29. The molecule has 2 aromatic carbocycles.